The van der Waals surface area contributed by atoms with E-state index in [0.717, 1.165) is 18.4 Å². The van der Waals surface area contributed by atoms with Crippen LogP contribution in [0.2, 0.25) is 0 Å². The number of nitrogens with one attached hydrogen (secondary N) is 3. The van der Waals surface area contributed by atoms with E-state index < -0.39 is 11.7 Å². The van der Waals surface area contributed by atoms with Gasteiger partial charge in [0.05, 0.1) is 21.3 Å². The van der Waals surface area contributed by atoms with Crippen LogP contribution in [-0.2, 0) is 11.3 Å². The van der Waals surface area contributed by atoms with Gasteiger partial charge in [-0.05, 0) is 44.9 Å². The predicted molar refractivity (Wildman–Crippen MR) is 138 cm³/mol. The zero-order valence-electron chi connectivity index (χ0n) is 20.5. The summed E-state index contributed by atoms with van der Waals surface area (Å²) in [6.07, 6.45) is 1.32. The molecular formula is C22H39IN4O5. The molecule has 9 nitrogen and oxygen atoms in total. The molecule has 1 aromatic rings. The highest BCUT2D eigenvalue weighted by Crippen LogP contribution is 2.38. The molecule has 1 unspecified atom stereocenters. The molecule has 0 spiro atoms. The summed E-state index contributed by atoms with van der Waals surface area (Å²) < 4.78 is 21.5. The number of halogens is 1. The van der Waals surface area contributed by atoms with E-state index in [0.29, 0.717) is 36.3 Å². The Morgan fingerprint density at radius 3 is 2.09 bits per heavy atom. The number of ether oxygens (including phenoxy) is 4. The van der Waals surface area contributed by atoms with E-state index in [1.807, 2.05) is 32.9 Å². The number of carbonyl (C=O) groups is 1. The third-order valence-electron chi connectivity index (χ3n) is 4.28. The number of guanidine groups is 1. The Bertz CT molecular complexity index is 713. The third-order valence-corrected chi connectivity index (χ3v) is 4.28. The van der Waals surface area contributed by atoms with Crippen molar-refractivity contribution in [2.45, 2.75) is 58.7 Å². The van der Waals surface area contributed by atoms with Crippen LogP contribution in [0.25, 0.3) is 0 Å². The van der Waals surface area contributed by atoms with Crippen LogP contribution in [0.5, 0.6) is 17.2 Å². The Kier molecular flexibility index (Phi) is 13.9. The van der Waals surface area contributed by atoms with Crippen LogP contribution in [0, 0.1) is 0 Å². The average Bonchev–Trinajstić information content (AvgIpc) is 2.71. The monoisotopic (exact) mass is 566 g/mol. The van der Waals surface area contributed by atoms with E-state index in [4.69, 9.17) is 18.9 Å². The first kappa shape index (κ1) is 29.9. The SMILES string of the molecule is CCCC(CNC(=NC)NCc1cc(OC)c(OC)c(OC)c1)NC(=O)OC(C)(C)C.I. The maximum absolute atomic E-state index is 12.1. The van der Waals surface area contributed by atoms with Crippen LogP contribution in [0.15, 0.2) is 17.1 Å². The Hall–Kier alpha value is -2.11. The third kappa shape index (κ3) is 10.5. The number of rotatable bonds is 10. The van der Waals surface area contributed by atoms with Crippen LogP contribution in [0.1, 0.15) is 46.1 Å². The van der Waals surface area contributed by atoms with Gasteiger partial charge in [-0.1, -0.05) is 13.3 Å². The van der Waals surface area contributed by atoms with Gasteiger partial charge in [0, 0.05) is 26.2 Å². The average molecular weight is 566 g/mol. The summed E-state index contributed by atoms with van der Waals surface area (Å²) in [5.74, 6) is 2.34. The molecule has 0 aromatic heterocycles. The molecule has 0 aliphatic carbocycles. The van der Waals surface area contributed by atoms with Crippen molar-refractivity contribution in [1.29, 1.82) is 0 Å². The van der Waals surface area contributed by atoms with Crippen LogP contribution in [-0.4, -0.2) is 58.6 Å². The molecule has 0 radical (unpaired) electrons. The number of nitrogens with zero attached hydrogens (tertiary/aromatic N) is 1. The van der Waals surface area contributed by atoms with Gasteiger partial charge in [0.25, 0.3) is 0 Å². The molecule has 1 amide bonds. The second-order valence-corrected chi connectivity index (χ2v) is 7.97. The van der Waals surface area contributed by atoms with Crippen molar-refractivity contribution in [2.75, 3.05) is 34.9 Å². The number of hydrogen-bond donors (Lipinski definition) is 3. The molecule has 0 bridgehead atoms. The summed E-state index contributed by atoms with van der Waals surface area (Å²) in [6.45, 7) is 8.61. The predicted octanol–water partition coefficient (Wildman–Crippen LogP) is 3.69. The second-order valence-electron chi connectivity index (χ2n) is 7.97. The number of methoxy groups -OCH3 is 3. The van der Waals surface area contributed by atoms with Gasteiger partial charge in [-0.25, -0.2) is 4.79 Å². The molecule has 0 aliphatic heterocycles. The first-order valence-corrected chi connectivity index (χ1v) is 10.4. The molecule has 1 aromatic carbocycles. The maximum atomic E-state index is 12.1. The number of hydrogen-bond acceptors (Lipinski definition) is 6. The van der Waals surface area contributed by atoms with E-state index in [1.165, 1.54) is 0 Å². The zero-order valence-corrected chi connectivity index (χ0v) is 22.8. The van der Waals surface area contributed by atoms with Gasteiger partial charge in [-0.15, -0.1) is 24.0 Å². The summed E-state index contributed by atoms with van der Waals surface area (Å²) in [6, 6.07) is 3.68. The summed E-state index contributed by atoms with van der Waals surface area (Å²) in [7, 11) is 6.43. The number of amides is 1. The van der Waals surface area contributed by atoms with Gasteiger partial charge < -0.3 is 34.9 Å². The quantitative estimate of drug-likeness (QED) is 0.226. The van der Waals surface area contributed by atoms with Crippen molar-refractivity contribution in [3.8, 4) is 17.2 Å². The lowest BCUT2D eigenvalue weighted by atomic mass is 10.1. The van der Waals surface area contributed by atoms with Crippen LogP contribution in [0.3, 0.4) is 0 Å². The highest BCUT2D eigenvalue weighted by molar-refractivity contribution is 14.0. The fourth-order valence-electron chi connectivity index (χ4n) is 2.91. The standard InChI is InChI=1S/C22H38N4O5.HI/c1-9-10-16(26-21(27)31-22(2,3)4)14-25-20(23-5)24-13-15-11-17(28-6)19(30-8)18(12-15)29-7;/h11-12,16H,9-10,13-14H2,1-8H3,(H,26,27)(H2,23,24,25);1H. The molecule has 1 atom stereocenters. The van der Waals surface area contributed by atoms with E-state index in [1.54, 1.807) is 28.4 Å². The minimum atomic E-state index is -0.535. The van der Waals surface area contributed by atoms with Crippen molar-refractivity contribution in [2.24, 2.45) is 4.99 Å². The van der Waals surface area contributed by atoms with Gasteiger partial charge in [0.1, 0.15) is 5.60 Å². The van der Waals surface area contributed by atoms with Gasteiger partial charge in [0.15, 0.2) is 17.5 Å². The fraction of sp³-hybridized carbons (Fsp3) is 0.636. The van der Waals surface area contributed by atoms with Crippen molar-refractivity contribution >= 4 is 36.0 Å². The van der Waals surface area contributed by atoms with Crippen LogP contribution >= 0.6 is 24.0 Å². The highest BCUT2D eigenvalue weighted by Gasteiger charge is 2.19. The minimum absolute atomic E-state index is 0. The smallest absolute Gasteiger partial charge is 0.407 e. The summed E-state index contributed by atoms with van der Waals surface area (Å²) in [4.78, 5) is 16.4. The molecule has 184 valence electrons. The normalized spacial score (nSPS) is 12.2. The lowest BCUT2D eigenvalue weighted by Gasteiger charge is -2.24. The van der Waals surface area contributed by atoms with Gasteiger partial charge in [0.2, 0.25) is 5.75 Å². The van der Waals surface area contributed by atoms with E-state index >= 15 is 0 Å². The number of benzene rings is 1. The van der Waals surface area contributed by atoms with Gasteiger partial charge in [-0.3, -0.25) is 4.99 Å². The van der Waals surface area contributed by atoms with Crippen molar-refractivity contribution in [3.63, 3.8) is 0 Å². The molecule has 1 rings (SSSR count). The Morgan fingerprint density at radius 2 is 1.66 bits per heavy atom. The second kappa shape index (κ2) is 14.9. The van der Waals surface area contributed by atoms with E-state index in [9.17, 15) is 4.79 Å². The fourth-order valence-corrected chi connectivity index (χ4v) is 2.91. The molecule has 0 aliphatic rings. The molecule has 3 N–H and O–H groups in total. The number of carbonyl (C=O) groups excluding carboxylic acids is 1. The van der Waals surface area contributed by atoms with E-state index in [2.05, 4.69) is 27.9 Å². The molecule has 0 saturated heterocycles. The van der Waals surface area contributed by atoms with Crippen molar-refractivity contribution in [1.82, 2.24) is 16.0 Å². The van der Waals surface area contributed by atoms with Crippen LogP contribution in [0.4, 0.5) is 4.79 Å². The molecule has 32 heavy (non-hydrogen) atoms. The summed E-state index contributed by atoms with van der Waals surface area (Å²) in [5, 5.41) is 9.43. The molecule has 0 saturated carbocycles. The summed E-state index contributed by atoms with van der Waals surface area (Å²) in [5.41, 5.74) is 0.404. The van der Waals surface area contributed by atoms with Gasteiger partial charge >= 0.3 is 6.09 Å². The van der Waals surface area contributed by atoms with E-state index in [-0.39, 0.29) is 30.0 Å². The Balaban J connectivity index is 0.00000961. The van der Waals surface area contributed by atoms with Gasteiger partial charge in [-0.2, -0.15) is 0 Å². The highest BCUT2D eigenvalue weighted by atomic mass is 127. The molecular weight excluding hydrogens is 527 g/mol. The molecule has 10 heteroatoms. The molecule has 0 heterocycles. The number of alkyl carbamates (subject to hydrolysis) is 1. The largest absolute Gasteiger partial charge is 0.493 e. The molecule has 0 fully saturated rings. The lowest BCUT2D eigenvalue weighted by molar-refractivity contribution is 0.0502. The topological polar surface area (TPSA) is 102 Å². The minimum Gasteiger partial charge on any atom is -0.493 e. The Morgan fingerprint density at radius 1 is 1.06 bits per heavy atom. The maximum Gasteiger partial charge on any atom is 0.407 e. The van der Waals surface area contributed by atoms with Crippen molar-refractivity contribution < 1.29 is 23.7 Å². The summed E-state index contributed by atoms with van der Waals surface area (Å²) >= 11 is 0. The Labute approximate surface area is 209 Å². The van der Waals surface area contributed by atoms with Crippen LogP contribution < -0.4 is 30.2 Å². The first-order chi connectivity index (χ1) is 14.7. The number of aliphatic imine (C=N–C) groups is 1. The van der Waals surface area contributed by atoms with Crippen molar-refractivity contribution in [3.05, 3.63) is 17.7 Å². The lowest BCUT2D eigenvalue weighted by Crippen LogP contribution is -2.48. The zero-order chi connectivity index (χ0) is 23.4. The first-order valence-electron chi connectivity index (χ1n) is 10.4.